The Morgan fingerprint density at radius 3 is 2.85 bits per heavy atom. The summed E-state index contributed by atoms with van der Waals surface area (Å²) in [6, 6.07) is 7.75. The molecule has 2 N–H and O–H groups in total. The number of nitrogens with zero attached hydrogens (tertiary/aromatic N) is 2. The summed E-state index contributed by atoms with van der Waals surface area (Å²) in [5, 5.41) is 22.1. The van der Waals surface area contributed by atoms with Crippen LogP contribution in [-0.4, -0.2) is 57.9 Å². The van der Waals surface area contributed by atoms with E-state index in [1.807, 2.05) is 24.3 Å². The van der Waals surface area contributed by atoms with Crippen LogP contribution in [0.3, 0.4) is 0 Å². The Morgan fingerprint density at radius 2 is 2.04 bits per heavy atom. The van der Waals surface area contributed by atoms with Crippen molar-refractivity contribution in [1.82, 2.24) is 9.88 Å². The summed E-state index contributed by atoms with van der Waals surface area (Å²) in [5.74, 6) is 0.618. The van der Waals surface area contributed by atoms with E-state index in [0.29, 0.717) is 25.2 Å². The number of carbonyl (C=O) groups excluding carboxylic acids is 1. The number of hydrogen-bond acceptors (Lipinski definition) is 6. The number of aromatic nitrogens is 1. The number of thiazole rings is 1. The number of aryl methyl sites for hydroxylation is 1. The molecular formula is C19H24N2O4S. The first kappa shape index (κ1) is 18.8. The third-order valence-corrected chi connectivity index (χ3v) is 5.17. The van der Waals surface area contributed by atoms with Crippen LogP contribution in [0.15, 0.2) is 35.2 Å². The number of carbonyl (C=O) groups is 1. The standard InChI is InChI=1S/C19H24N2O4S/c22-16-8-10-21(19(24)15-12-26-13-20-15)9-4-3-6-14-5-1-2-7-18(14)25-11-17(16)23/h1-2,5,7,12-13,16-17,22-23H,3-4,6,8-11H2/t16-,17+/m0/s1. The average Bonchev–Trinajstić information content (AvgIpc) is 3.19. The monoisotopic (exact) mass is 376 g/mol. The second-order valence-electron chi connectivity index (χ2n) is 6.47. The molecule has 1 amide bonds. The van der Waals surface area contributed by atoms with Crippen molar-refractivity contribution in [3.8, 4) is 5.75 Å². The van der Waals surface area contributed by atoms with Crippen molar-refractivity contribution in [3.05, 3.63) is 46.4 Å². The normalized spacial score (nSPS) is 22.3. The molecule has 1 aliphatic rings. The number of amides is 1. The number of rotatable bonds is 1. The van der Waals surface area contributed by atoms with E-state index >= 15 is 0 Å². The van der Waals surface area contributed by atoms with E-state index in [-0.39, 0.29) is 12.5 Å². The lowest BCUT2D eigenvalue weighted by atomic mass is 10.1. The molecule has 0 fully saturated rings. The van der Waals surface area contributed by atoms with Gasteiger partial charge in [0.25, 0.3) is 5.91 Å². The SMILES string of the molecule is O=C(c1cscn1)N1CCCCc2ccccc2OC[C@@H](O)[C@@H](O)CC1. The molecule has 140 valence electrons. The molecule has 26 heavy (non-hydrogen) atoms. The Balaban J connectivity index is 1.73. The predicted molar refractivity (Wildman–Crippen MR) is 99.5 cm³/mol. The lowest BCUT2D eigenvalue weighted by molar-refractivity contribution is -0.0150. The summed E-state index contributed by atoms with van der Waals surface area (Å²) >= 11 is 1.39. The zero-order chi connectivity index (χ0) is 18.4. The molecule has 1 aromatic carbocycles. The number of aliphatic hydroxyl groups is 2. The minimum absolute atomic E-state index is 0.0260. The Bertz CT molecular complexity index is 707. The van der Waals surface area contributed by atoms with Crippen molar-refractivity contribution in [1.29, 1.82) is 0 Å². The van der Waals surface area contributed by atoms with E-state index in [1.54, 1.807) is 15.8 Å². The molecular weight excluding hydrogens is 352 g/mol. The molecule has 2 atom stereocenters. The molecule has 0 unspecified atom stereocenters. The van der Waals surface area contributed by atoms with E-state index in [0.717, 1.165) is 30.6 Å². The van der Waals surface area contributed by atoms with Gasteiger partial charge in [0.15, 0.2) is 0 Å². The maximum absolute atomic E-state index is 12.6. The smallest absolute Gasteiger partial charge is 0.273 e. The summed E-state index contributed by atoms with van der Waals surface area (Å²) in [4.78, 5) is 18.4. The summed E-state index contributed by atoms with van der Waals surface area (Å²) in [5.41, 5.74) is 3.15. The number of fused-ring (bicyclic) bond motifs is 1. The van der Waals surface area contributed by atoms with E-state index in [4.69, 9.17) is 4.74 Å². The Labute approximate surface area is 157 Å². The molecule has 0 saturated heterocycles. The van der Waals surface area contributed by atoms with E-state index in [1.165, 1.54) is 11.3 Å². The fourth-order valence-electron chi connectivity index (χ4n) is 3.03. The summed E-state index contributed by atoms with van der Waals surface area (Å²) in [6.07, 6.45) is 0.957. The Morgan fingerprint density at radius 1 is 1.19 bits per heavy atom. The molecule has 0 radical (unpaired) electrons. The molecule has 0 bridgehead atoms. The summed E-state index contributed by atoms with van der Waals surface area (Å²) in [7, 11) is 0. The average molecular weight is 376 g/mol. The molecule has 2 aromatic rings. The van der Waals surface area contributed by atoms with Crippen molar-refractivity contribution >= 4 is 17.2 Å². The molecule has 1 aromatic heterocycles. The lowest BCUT2D eigenvalue weighted by Crippen LogP contribution is -2.38. The van der Waals surface area contributed by atoms with Gasteiger partial charge < -0.3 is 19.8 Å². The van der Waals surface area contributed by atoms with Crippen LogP contribution in [-0.2, 0) is 6.42 Å². The maximum Gasteiger partial charge on any atom is 0.273 e. The van der Waals surface area contributed by atoms with Gasteiger partial charge in [0.05, 0.1) is 11.6 Å². The van der Waals surface area contributed by atoms with Gasteiger partial charge in [-0.3, -0.25) is 4.79 Å². The van der Waals surface area contributed by atoms with Crippen molar-refractivity contribution < 1.29 is 19.7 Å². The Kier molecular flexibility index (Phi) is 6.60. The second-order valence-corrected chi connectivity index (χ2v) is 7.18. The molecule has 7 heteroatoms. The van der Waals surface area contributed by atoms with Gasteiger partial charge in [-0.25, -0.2) is 4.98 Å². The van der Waals surface area contributed by atoms with Crippen molar-refractivity contribution in [2.45, 2.75) is 37.9 Å². The molecule has 3 rings (SSSR count). The van der Waals surface area contributed by atoms with Gasteiger partial charge in [-0.05, 0) is 37.3 Å². The largest absolute Gasteiger partial charge is 0.491 e. The van der Waals surface area contributed by atoms with Crippen LogP contribution < -0.4 is 4.74 Å². The summed E-state index contributed by atoms with van der Waals surface area (Å²) in [6.45, 7) is 1.00. The third-order valence-electron chi connectivity index (χ3n) is 4.58. The molecule has 0 saturated carbocycles. The first-order valence-electron chi connectivity index (χ1n) is 8.89. The highest BCUT2D eigenvalue weighted by molar-refractivity contribution is 7.07. The predicted octanol–water partition coefficient (Wildman–Crippen LogP) is 2.11. The first-order valence-corrected chi connectivity index (χ1v) is 9.83. The van der Waals surface area contributed by atoms with Gasteiger partial charge in [0.2, 0.25) is 0 Å². The minimum Gasteiger partial charge on any atom is -0.491 e. The highest BCUT2D eigenvalue weighted by atomic mass is 32.1. The van der Waals surface area contributed by atoms with E-state index in [9.17, 15) is 15.0 Å². The van der Waals surface area contributed by atoms with Crippen LogP contribution in [0.4, 0.5) is 0 Å². The van der Waals surface area contributed by atoms with Gasteiger partial charge in [-0.2, -0.15) is 0 Å². The molecule has 0 spiro atoms. The number of aliphatic hydroxyl groups excluding tert-OH is 2. The fraction of sp³-hybridized carbons (Fsp3) is 0.474. The number of ether oxygens (including phenoxy) is 1. The quantitative estimate of drug-likeness (QED) is 0.797. The van der Waals surface area contributed by atoms with Crippen molar-refractivity contribution in [3.63, 3.8) is 0 Å². The zero-order valence-electron chi connectivity index (χ0n) is 14.6. The van der Waals surface area contributed by atoms with Gasteiger partial charge >= 0.3 is 0 Å². The zero-order valence-corrected chi connectivity index (χ0v) is 15.4. The van der Waals surface area contributed by atoms with Crippen molar-refractivity contribution in [2.24, 2.45) is 0 Å². The van der Waals surface area contributed by atoms with Crippen LogP contribution >= 0.6 is 11.3 Å². The number of benzene rings is 1. The molecule has 1 aliphatic heterocycles. The fourth-order valence-corrected chi connectivity index (χ4v) is 3.56. The summed E-state index contributed by atoms with van der Waals surface area (Å²) < 4.78 is 5.72. The Hall–Kier alpha value is -1.96. The highest BCUT2D eigenvalue weighted by Gasteiger charge is 2.23. The van der Waals surface area contributed by atoms with Gasteiger partial charge in [-0.1, -0.05) is 18.2 Å². The van der Waals surface area contributed by atoms with Crippen LogP contribution in [0.25, 0.3) is 0 Å². The molecule has 6 nitrogen and oxygen atoms in total. The van der Waals surface area contributed by atoms with Crippen LogP contribution in [0, 0.1) is 0 Å². The highest BCUT2D eigenvalue weighted by Crippen LogP contribution is 2.21. The third kappa shape index (κ3) is 4.81. The molecule has 2 heterocycles. The maximum atomic E-state index is 12.6. The van der Waals surface area contributed by atoms with Gasteiger partial charge in [0, 0.05) is 18.5 Å². The van der Waals surface area contributed by atoms with Crippen LogP contribution in [0.5, 0.6) is 5.75 Å². The first-order chi connectivity index (χ1) is 12.6. The van der Waals surface area contributed by atoms with Crippen LogP contribution in [0.1, 0.15) is 35.3 Å². The van der Waals surface area contributed by atoms with Gasteiger partial charge in [-0.15, -0.1) is 11.3 Å². The van der Waals surface area contributed by atoms with E-state index < -0.39 is 12.2 Å². The minimum atomic E-state index is -1.000. The lowest BCUT2D eigenvalue weighted by Gasteiger charge is -2.24. The second kappa shape index (κ2) is 9.12. The molecule has 0 aliphatic carbocycles. The van der Waals surface area contributed by atoms with Gasteiger partial charge in [0.1, 0.15) is 24.2 Å². The topological polar surface area (TPSA) is 82.9 Å². The van der Waals surface area contributed by atoms with Crippen LogP contribution in [0.2, 0.25) is 0 Å². The number of hydrogen-bond donors (Lipinski definition) is 2. The number of para-hydroxylation sites is 1. The van der Waals surface area contributed by atoms with E-state index in [2.05, 4.69) is 4.98 Å². The van der Waals surface area contributed by atoms with Crippen molar-refractivity contribution in [2.75, 3.05) is 19.7 Å².